The number of hydrogen-bond donors (Lipinski definition) is 2. The molecule has 6 heteroatoms. The van der Waals surface area contributed by atoms with Gasteiger partial charge in [0.05, 0.1) is 18.8 Å². The Morgan fingerprint density at radius 2 is 2.41 bits per heavy atom. The molecule has 1 aliphatic rings. The van der Waals surface area contributed by atoms with E-state index in [0.717, 1.165) is 13.0 Å². The Labute approximate surface area is 101 Å². The van der Waals surface area contributed by atoms with E-state index in [9.17, 15) is 0 Å². The Kier molecular flexibility index (Phi) is 3.63. The first-order valence-electron chi connectivity index (χ1n) is 5.83. The molecule has 1 aromatic rings. The number of nitrogen functional groups attached to an aromatic ring is 1. The summed E-state index contributed by atoms with van der Waals surface area (Å²) in [4.78, 5) is 8.13. The fourth-order valence-electron chi connectivity index (χ4n) is 1.84. The maximum Gasteiger partial charge on any atom is 0.242 e. The zero-order chi connectivity index (χ0) is 12.3. The van der Waals surface area contributed by atoms with Crippen molar-refractivity contribution in [1.29, 1.82) is 0 Å². The lowest BCUT2D eigenvalue weighted by molar-refractivity contribution is 0.121. The van der Waals surface area contributed by atoms with Crippen molar-refractivity contribution in [3.05, 3.63) is 6.33 Å². The summed E-state index contributed by atoms with van der Waals surface area (Å²) in [5.41, 5.74) is 6.39. The second-order valence-electron chi connectivity index (χ2n) is 3.99. The lowest BCUT2D eigenvalue weighted by Gasteiger charge is -2.18. The largest absolute Gasteiger partial charge is 0.476 e. The molecule has 0 bridgehead atoms. The van der Waals surface area contributed by atoms with Crippen LogP contribution in [-0.2, 0) is 4.74 Å². The number of rotatable bonds is 4. The van der Waals surface area contributed by atoms with Crippen LogP contribution in [-0.4, -0.2) is 35.3 Å². The van der Waals surface area contributed by atoms with Crippen molar-refractivity contribution in [3.63, 3.8) is 0 Å². The number of nitrogens with zero attached hydrogens (tertiary/aromatic N) is 2. The van der Waals surface area contributed by atoms with E-state index in [1.165, 1.54) is 6.33 Å². The van der Waals surface area contributed by atoms with Crippen LogP contribution in [0.25, 0.3) is 0 Å². The van der Waals surface area contributed by atoms with Gasteiger partial charge in [0.2, 0.25) is 5.88 Å². The lowest BCUT2D eigenvalue weighted by atomic mass is 10.1. The standard InChI is InChI=1S/C11H18N4O2/c1-3-16-11-9(12)10(13-6-14-11)15-8-4-5-17-7(8)2/h6-8H,3-5,12H2,1-2H3,(H,13,14,15). The highest BCUT2D eigenvalue weighted by atomic mass is 16.5. The third kappa shape index (κ3) is 2.58. The number of nitrogens with one attached hydrogen (secondary N) is 1. The topological polar surface area (TPSA) is 82.3 Å². The van der Waals surface area contributed by atoms with E-state index in [4.69, 9.17) is 15.2 Å². The van der Waals surface area contributed by atoms with Crippen molar-refractivity contribution in [1.82, 2.24) is 9.97 Å². The maximum atomic E-state index is 5.94. The highest BCUT2D eigenvalue weighted by molar-refractivity contribution is 5.66. The van der Waals surface area contributed by atoms with Crippen molar-refractivity contribution in [2.24, 2.45) is 0 Å². The van der Waals surface area contributed by atoms with E-state index in [1.54, 1.807) is 0 Å². The molecule has 0 radical (unpaired) electrons. The summed E-state index contributed by atoms with van der Waals surface area (Å²) >= 11 is 0. The Bertz CT molecular complexity index is 386. The molecule has 6 nitrogen and oxygen atoms in total. The first kappa shape index (κ1) is 11.9. The number of nitrogens with two attached hydrogens (primary N) is 1. The third-order valence-corrected chi connectivity index (χ3v) is 2.83. The van der Waals surface area contributed by atoms with Gasteiger partial charge in [0, 0.05) is 6.61 Å². The SMILES string of the molecule is CCOc1ncnc(NC2CCOC2C)c1N. The quantitative estimate of drug-likeness (QED) is 0.815. The fraction of sp³-hybridized carbons (Fsp3) is 0.636. The second-order valence-corrected chi connectivity index (χ2v) is 3.99. The van der Waals surface area contributed by atoms with Crippen LogP contribution < -0.4 is 15.8 Å². The average Bonchev–Trinajstić information content (AvgIpc) is 2.70. The smallest absolute Gasteiger partial charge is 0.242 e. The van der Waals surface area contributed by atoms with Gasteiger partial charge in [-0.3, -0.25) is 0 Å². The number of hydrogen-bond acceptors (Lipinski definition) is 6. The predicted molar refractivity (Wildman–Crippen MR) is 65.1 cm³/mol. The van der Waals surface area contributed by atoms with Crippen LogP contribution in [0.5, 0.6) is 5.88 Å². The Balaban J connectivity index is 2.12. The first-order chi connectivity index (χ1) is 8.22. The molecule has 0 aliphatic carbocycles. The molecule has 2 atom stereocenters. The fourth-order valence-corrected chi connectivity index (χ4v) is 1.84. The molecule has 0 amide bonds. The minimum absolute atomic E-state index is 0.167. The Morgan fingerprint density at radius 1 is 1.59 bits per heavy atom. The summed E-state index contributed by atoms with van der Waals surface area (Å²) in [5.74, 6) is 1.04. The maximum absolute atomic E-state index is 5.94. The van der Waals surface area contributed by atoms with Gasteiger partial charge in [0.15, 0.2) is 5.82 Å². The first-order valence-corrected chi connectivity index (χ1v) is 5.83. The third-order valence-electron chi connectivity index (χ3n) is 2.83. The van der Waals surface area contributed by atoms with E-state index in [1.807, 2.05) is 13.8 Å². The molecule has 1 saturated heterocycles. The Morgan fingerprint density at radius 3 is 3.06 bits per heavy atom. The predicted octanol–water partition coefficient (Wildman–Crippen LogP) is 1.05. The summed E-state index contributed by atoms with van der Waals surface area (Å²) in [6.07, 6.45) is 2.57. The number of anilines is 2. The molecular formula is C11H18N4O2. The summed E-state index contributed by atoms with van der Waals surface area (Å²) in [5, 5.41) is 3.28. The van der Waals surface area contributed by atoms with Crippen LogP contribution in [0, 0.1) is 0 Å². The van der Waals surface area contributed by atoms with Gasteiger partial charge in [0.1, 0.15) is 12.0 Å². The van der Waals surface area contributed by atoms with Gasteiger partial charge in [-0.2, -0.15) is 4.98 Å². The van der Waals surface area contributed by atoms with Crippen LogP contribution in [0.2, 0.25) is 0 Å². The van der Waals surface area contributed by atoms with Gasteiger partial charge in [-0.05, 0) is 20.3 Å². The van der Waals surface area contributed by atoms with E-state index < -0.39 is 0 Å². The van der Waals surface area contributed by atoms with E-state index in [2.05, 4.69) is 15.3 Å². The average molecular weight is 238 g/mol. The van der Waals surface area contributed by atoms with Gasteiger partial charge in [-0.1, -0.05) is 0 Å². The highest BCUT2D eigenvalue weighted by Gasteiger charge is 2.25. The molecule has 94 valence electrons. The Hall–Kier alpha value is -1.56. The monoisotopic (exact) mass is 238 g/mol. The molecule has 1 aromatic heterocycles. The zero-order valence-electron chi connectivity index (χ0n) is 10.1. The van der Waals surface area contributed by atoms with Gasteiger partial charge in [0.25, 0.3) is 0 Å². The molecule has 1 aliphatic heterocycles. The number of ether oxygens (including phenoxy) is 2. The molecular weight excluding hydrogens is 220 g/mol. The zero-order valence-corrected chi connectivity index (χ0v) is 10.1. The lowest BCUT2D eigenvalue weighted by Crippen LogP contribution is -2.27. The minimum Gasteiger partial charge on any atom is -0.476 e. The van der Waals surface area contributed by atoms with Crippen LogP contribution in [0.1, 0.15) is 20.3 Å². The van der Waals surface area contributed by atoms with Crippen molar-refractivity contribution < 1.29 is 9.47 Å². The molecule has 2 heterocycles. The van der Waals surface area contributed by atoms with Gasteiger partial charge < -0.3 is 20.5 Å². The molecule has 1 fully saturated rings. The highest BCUT2D eigenvalue weighted by Crippen LogP contribution is 2.27. The number of aromatic nitrogens is 2. The van der Waals surface area contributed by atoms with Crippen molar-refractivity contribution in [2.75, 3.05) is 24.3 Å². The summed E-state index contributed by atoms with van der Waals surface area (Å²) < 4.78 is 10.8. The normalized spacial score (nSPS) is 23.6. The minimum atomic E-state index is 0.167. The van der Waals surface area contributed by atoms with Crippen molar-refractivity contribution in [2.45, 2.75) is 32.4 Å². The molecule has 2 rings (SSSR count). The van der Waals surface area contributed by atoms with Crippen molar-refractivity contribution in [3.8, 4) is 5.88 Å². The molecule has 17 heavy (non-hydrogen) atoms. The second kappa shape index (κ2) is 5.18. The summed E-state index contributed by atoms with van der Waals surface area (Å²) in [6, 6.07) is 0.238. The molecule has 3 N–H and O–H groups in total. The summed E-state index contributed by atoms with van der Waals surface area (Å²) in [7, 11) is 0. The molecule has 2 unspecified atom stereocenters. The van der Waals surface area contributed by atoms with Crippen molar-refractivity contribution >= 4 is 11.5 Å². The van der Waals surface area contributed by atoms with Crippen LogP contribution >= 0.6 is 0 Å². The van der Waals surface area contributed by atoms with Crippen LogP contribution in [0.4, 0.5) is 11.5 Å². The van der Waals surface area contributed by atoms with Gasteiger partial charge >= 0.3 is 0 Å². The van der Waals surface area contributed by atoms with Crippen LogP contribution in [0.3, 0.4) is 0 Å². The van der Waals surface area contributed by atoms with E-state index >= 15 is 0 Å². The van der Waals surface area contributed by atoms with E-state index in [-0.39, 0.29) is 12.1 Å². The molecule has 0 saturated carbocycles. The summed E-state index contributed by atoms with van der Waals surface area (Å²) in [6.45, 7) is 5.22. The van der Waals surface area contributed by atoms with Crippen LogP contribution in [0.15, 0.2) is 6.33 Å². The van der Waals surface area contributed by atoms with Gasteiger partial charge in [-0.25, -0.2) is 4.98 Å². The van der Waals surface area contributed by atoms with E-state index in [0.29, 0.717) is 24.0 Å². The molecule has 0 spiro atoms. The van der Waals surface area contributed by atoms with Gasteiger partial charge in [-0.15, -0.1) is 0 Å². The molecule has 0 aromatic carbocycles.